The highest BCUT2D eigenvalue weighted by atomic mass is 16.7. The molecule has 0 amide bonds. The zero-order valence-electron chi connectivity index (χ0n) is 9.74. The van der Waals surface area contributed by atoms with E-state index in [1.807, 2.05) is 6.07 Å². The molecule has 1 N–H and O–H groups in total. The van der Waals surface area contributed by atoms with Crippen LogP contribution >= 0.6 is 0 Å². The topological polar surface area (TPSA) is 58.8 Å². The number of carbonyl (C=O) groups is 1. The van der Waals surface area contributed by atoms with Gasteiger partial charge in [0.05, 0.1) is 18.1 Å². The third-order valence-electron chi connectivity index (χ3n) is 2.32. The Hall–Kier alpha value is -2.56. The molecule has 0 aromatic heterocycles. The maximum absolute atomic E-state index is 11.7. The summed E-state index contributed by atoms with van der Waals surface area (Å²) in [5.41, 5.74) is 0.740. The molecule has 1 heterocycles. The molecule has 0 spiro atoms. The van der Waals surface area contributed by atoms with Gasteiger partial charge in [-0.15, -0.1) is 0 Å². The van der Waals surface area contributed by atoms with E-state index in [4.69, 9.17) is 9.57 Å². The minimum Gasteiger partial charge on any atom is -0.504 e. The Morgan fingerprint density at radius 3 is 2.72 bits per heavy atom. The summed E-state index contributed by atoms with van der Waals surface area (Å²) in [4.78, 5) is 16.6. The predicted octanol–water partition coefficient (Wildman–Crippen LogP) is 1.63. The first-order valence-corrected chi connectivity index (χ1v) is 5.27. The van der Waals surface area contributed by atoms with Gasteiger partial charge in [0, 0.05) is 6.08 Å². The highest BCUT2D eigenvalue weighted by Crippen LogP contribution is 2.24. The minimum absolute atomic E-state index is 0.137. The van der Waals surface area contributed by atoms with Gasteiger partial charge in [-0.3, -0.25) is 0 Å². The molecule has 5 heteroatoms. The zero-order chi connectivity index (χ0) is 13.0. The summed E-state index contributed by atoms with van der Waals surface area (Å²) in [5.74, 6) is -0.840. The van der Waals surface area contributed by atoms with Crippen LogP contribution < -0.4 is 0 Å². The minimum atomic E-state index is -0.597. The summed E-state index contributed by atoms with van der Waals surface area (Å²) >= 11 is 0. The van der Waals surface area contributed by atoms with E-state index in [0.29, 0.717) is 5.56 Å². The van der Waals surface area contributed by atoms with Crippen molar-refractivity contribution in [1.29, 1.82) is 0 Å². The molecule has 5 nitrogen and oxygen atoms in total. The van der Waals surface area contributed by atoms with Crippen LogP contribution in [0.2, 0.25) is 0 Å². The lowest BCUT2D eigenvalue weighted by Crippen LogP contribution is -2.07. The zero-order valence-corrected chi connectivity index (χ0v) is 9.74. The molecule has 0 saturated carbocycles. The van der Waals surface area contributed by atoms with Crippen LogP contribution in [0.1, 0.15) is 5.56 Å². The van der Waals surface area contributed by atoms with Crippen LogP contribution in [0.4, 0.5) is 0 Å². The Balaban J connectivity index is 2.38. The van der Waals surface area contributed by atoms with E-state index in [1.54, 1.807) is 24.3 Å². The lowest BCUT2D eigenvalue weighted by Gasteiger charge is -1.92. The molecule has 92 valence electrons. The number of rotatable bonds is 3. The van der Waals surface area contributed by atoms with Crippen molar-refractivity contribution in [3.05, 3.63) is 54.1 Å². The van der Waals surface area contributed by atoms with Crippen LogP contribution in [0.25, 0.3) is 5.57 Å². The Labute approximate surface area is 104 Å². The molecule has 0 fully saturated rings. The average molecular weight is 246 g/mol. The summed E-state index contributed by atoms with van der Waals surface area (Å²) in [5, 5.41) is 9.93. The number of allylic oxidation sites excluding steroid dienone is 1. The second kappa shape index (κ2) is 5.18. The molecule has 0 unspecified atom stereocenters. The monoisotopic (exact) mass is 246 g/mol. The van der Waals surface area contributed by atoms with E-state index in [1.165, 1.54) is 25.7 Å². The predicted molar refractivity (Wildman–Crippen MR) is 64.6 cm³/mol. The van der Waals surface area contributed by atoms with Crippen molar-refractivity contribution in [3.8, 4) is 0 Å². The molecule has 1 aliphatic rings. The van der Waals surface area contributed by atoms with Gasteiger partial charge in [-0.25, -0.2) is 4.79 Å². The molecule has 2 rings (SSSR count). The molecule has 0 bridgehead atoms. The van der Waals surface area contributed by atoms with Crippen molar-refractivity contribution in [1.82, 2.24) is 0 Å². The van der Waals surface area contributed by atoms with E-state index in [0.717, 1.165) is 4.74 Å². The number of hydrogen-bond donors (Lipinski definition) is 1. The van der Waals surface area contributed by atoms with Crippen molar-refractivity contribution in [2.24, 2.45) is 0 Å². The first kappa shape index (κ1) is 11.9. The Morgan fingerprint density at radius 1 is 1.33 bits per heavy atom. The van der Waals surface area contributed by atoms with Gasteiger partial charge in [0.1, 0.15) is 0 Å². The maximum atomic E-state index is 11.7. The molecule has 1 aromatic rings. The molecule has 0 radical (unpaired) electrons. The van der Waals surface area contributed by atoms with Gasteiger partial charge in [-0.2, -0.15) is 4.84 Å². The summed E-state index contributed by atoms with van der Waals surface area (Å²) in [6.45, 7) is 0. The Morgan fingerprint density at radius 2 is 2.06 bits per heavy atom. The summed E-state index contributed by atoms with van der Waals surface area (Å²) in [6, 6.07) is 8.83. The third-order valence-corrected chi connectivity index (χ3v) is 2.32. The fourth-order valence-electron chi connectivity index (χ4n) is 1.52. The van der Waals surface area contributed by atoms with Gasteiger partial charge in [-0.05, 0) is 5.56 Å². The van der Waals surface area contributed by atoms with Crippen LogP contribution in [0.15, 0.2) is 48.6 Å². The van der Waals surface area contributed by atoms with Crippen LogP contribution in [-0.4, -0.2) is 29.1 Å². The van der Waals surface area contributed by atoms with Gasteiger partial charge < -0.3 is 9.84 Å². The normalized spacial score (nSPS) is 17.6. The van der Waals surface area contributed by atoms with Crippen LogP contribution in [-0.2, 0) is 14.4 Å². The van der Waals surface area contributed by atoms with E-state index in [9.17, 15) is 9.90 Å². The van der Waals surface area contributed by atoms with E-state index >= 15 is 0 Å². The summed E-state index contributed by atoms with van der Waals surface area (Å²) in [6.07, 6.45) is 4.27. The number of hydroxylamine groups is 1. The molecule has 1 aromatic carbocycles. The highest BCUT2D eigenvalue weighted by molar-refractivity contribution is 6.17. The van der Waals surface area contributed by atoms with Crippen LogP contribution in [0.5, 0.6) is 0 Å². The average Bonchev–Trinajstić information content (AvgIpc) is 2.66. The first-order valence-electron chi connectivity index (χ1n) is 5.27. The van der Waals surface area contributed by atoms with Crippen molar-refractivity contribution in [2.75, 3.05) is 7.11 Å². The van der Waals surface area contributed by atoms with Gasteiger partial charge in [0.2, 0.25) is 6.21 Å². The molecule has 0 aliphatic carbocycles. The van der Waals surface area contributed by atoms with Crippen molar-refractivity contribution < 1.29 is 24.2 Å². The second-order valence-electron chi connectivity index (χ2n) is 3.48. The van der Waals surface area contributed by atoms with Gasteiger partial charge >= 0.3 is 11.9 Å². The van der Waals surface area contributed by atoms with Crippen LogP contribution in [0, 0.1) is 0 Å². The summed E-state index contributed by atoms with van der Waals surface area (Å²) in [7, 11) is 1.49. The highest BCUT2D eigenvalue weighted by Gasteiger charge is 2.39. The Bertz CT molecular complexity index is 543. The van der Waals surface area contributed by atoms with Crippen molar-refractivity contribution >= 4 is 17.8 Å². The van der Waals surface area contributed by atoms with E-state index in [2.05, 4.69) is 0 Å². The number of aliphatic hydroxyl groups is 1. The SMILES string of the molecule is CO/C=C\C=[N+]1/OC(=O)C(c2ccccc2)=C1O. The Kier molecular flexibility index (Phi) is 3.43. The number of nitrogens with zero attached hydrogens (tertiary/aromatic N) is 1. The molecule has 1 aliphatic heterocycles. The van der Waals surface area contributed by atoms with Crippen LogP contribution in [0.3, 0.4) is 0 Å². The quantitative estimate of drug-likeness (QED) is 0.500. The van der Waals surface area contributed by atoms with Gasteiger partial charge in [-0.1, -0.05) is 30.3 Å². The molecule has 0 saturated heterocycles. The standard InChI is InChI=1S/C13H11NO4/c1-17-9-5-8-14-12(15)11(13(16)18-14)10-6-3-2-4-7-10/h2-9H,1H3/p+1/b9-5-,14-8-. The fourth-order valence-corrected chi connectivity index (χ4v) is 1.52. The number of ether oxygens (including phenoxy) is 1. The number of aliphatic hydroxyl groups excluding tert-OH is 1. The molecular weight excluding hydrogens is 234 g/mol. The maximum Gasteiger partial charge on any atom is 0.431 e. The molecule has 0 atom stereocenters. The number of methoxy groups -OCH3 is 1. The lowest BCUT2D eigenvalue weighted by atomic mass is 10.1. The number of carbonyl (C=O) groups excluding carboxylic acids is 1. The summed E-state index contributed by atoms with van der Waals surface area (Å²) < 4.78 is 5.68. The molecular formula is C13H12NO4+. The first-order chi connectivity index (χ1) is 8.74. The van der Waals surface area contributed by atoms with Crippen molar-refractivity contribution in [2.45, 2.75) is 0 Å². The fraction of sp³-hybridized carbons (Fsp3) is 0.0769. The van der Waals surface area contributed by atoms with E-state index < -0.39 is 5.97 Å². The molecule has 18 heavy (non-hydrogen) atoms. The lowest BCUT2D eigenvalue weighted by molar-refractivity contribution is -0.728. The third kappa shape index (κ3) is 2.24. The smallest absolute Gasteiger partial charge is 0.431 e. The van der Waals surface area contributed by atoms with Gasteiger partial charge in [0.15, 0.2) is 5.57 Å². The number of benzene rings is 1. The second-order valence-corrected chi connectivity index (χ2v) is 3.48. The number of hydrogen-bond acceptors (Lipinski definition) is 4. The van der Waals surface area contributed by atoms with Crippen molar-refractivity contribution in [3.63, 3.8) is 0 Å². The van der Waals surface area contributed by atoms with E-state index in [-0.39, 0.29) is 11.5 Å². The van der Waals surface area contributed by atoms with Gasteiger partial charge in [0.25, 0.3) is 0 Å². The largest absolute Gasteiger partial charge is 0.504 e.